The highest BCUT2D eigenvalue weighted by atomic mass is 16.6. The molecule has 12 heavy (non-hydrogen) atoms. The summed E-state index contributed by atoms with van der Waals surface area (Å²) in [6.45, 7) is 0.753. The topological polar surface area (TPSA) is 92.7 Å². The van der Waals surface area contributed by atoms with Gasteiger partial charge in [0.2, 0.25) is 0 Å². The number of nitrogens with one attached hydrogen (secondary N) is 1. The van der Waals surface area contributed by atoms with Crippen molar-refractivity contribution in [3.05, 3.63) is 0 Å². The average molecular weight is 173 g/mol. The Morgan fingerprint density at radius 2 is 2.25 bits per heavy atom. The summed E-state index contributed by atoms with van der Waals surface area (Å²) in [5.74, 6) is -3.04. The first-order valence-electron chi connectivity index (χ1n) is 3.20. The highest BCUT2D eigenvalue weighted by Crippen LogP contribution is 2.14. The number of carbonyl (C=O) groups excluding carboxylic acids is 2. The van der Waals surface area contributed by atoms with Crippen molar-refractivity contribution in [2.75, 3.05) is 6.54 Å². The zero-order valence-corrected chi connectivity index (χ0v) is 6.29. The van der Waals surface area contributed by atoms with E-state index in [1.54, 1.807) is 0 Å². The molecule has 0 aromatic carbocycles. The van der Waals surface area contributed by atoms with E-state index in [9.17, 15) is 14.4 Å². The third kappa shape index (κ3) is 1.11. The Hall–Kier alpha value is -1.59. The van der Waals surface area contributed by atoms with Crippen molar-refractivity contribution in [2.24, 2.45) is 0 Å². The van der Waals surface area contributed by atoms with Gasteiger partial charge in [-0.05, 0) is 6.92 Å². The minimum atomic E-state index is -2.07. The first-order chi connectivity index (χ1) is 5.47. The number of hydrogen-bond donors (Lipinski definition) is 2. The van der Waals surface area contributed by atoms with E-state index in [1.165, 1.54) is 0 Å². The Labute approximate surface area is 67.5 Å². The lowest BCUT2D eigenvalue weighted by Gasteiger charge is -2.27. The lowest BCUT2D eigenvalue weighted by Crippen LogP contribution is -2.59. The standard InChI is InChI=1S/C6H7NO5/c1-6(5(10)11)4(9)7-2-3(8)12-6/h2H2,1H3,(H,7,9)(H,10,11). The van der Waals surface area contributed by atoms with Crippen LogP contribution in [0.25, 0.3) is 0 Å². The number of ether oxygens (including phenoxy) is 1. The summed E-state index contributed by atoms with van der Waals surface area (Å²) in [6, 6.07) is 0. The molecule has 0 radical (unpaired) electrons. The number of hydrogen-bond acceptors (Lipinski definition) is 4. The first-order valence-corrected chi connectivity index (χ1v) is 3.20. The van der Waals surface area contributed by atoms with Crippen molar-refractivity contribution in [1.82, 2.24) is 5.32 Å². The summed E-state index contributed by atoms with van der Waals surface area (Å²) < 4.78 is 4.40. The van der Waals surface area contributed by atoms with Gasteiger partial charge in [-0.25, -0.2) is 4.79 Å². The molecule has 0 bridgehead atoms. The lowest BCUT2D eigenvalue weighted by atomic mass is 10.1. The molecule has 2 N–H and O–H groups in total. The summed E-state index contributed by atoms with van der Waals surface area (Å²) in [4.78, 5) is 32.1. The number of aliphatic carboxylic acids is 1. The predicted octanol–water partition coefficient (Wildman–Crippen LogP) is -1.50. The van der Waals surface area contributed by atoms with Crippen molar-refractivity contribution in [2.45, 2.75) is 12.5 Å². The van der Waals surface area contributed by atoms with E-state index in [0.717, 1.165) is 6.92 Å². The fourth-order valence-corrected chi connectivity index (χ4v) is 0.772. The summed E-state index contributed by atoms with van der Waals surface area (Å²) in [5.41, 5.74) is -2.07. The van der Waals surface area contributed by atoms with Gasteiger partial charge < -0.3 is 15.2 Å². The fourth-order valence-electron chi connectivity index (χ4n) is 0.772. The maximum absolute atomic E-state index is 10.9. The molecule has 1 unspecified atom stereocenters. The molecule has 1 atom stereocenters. The number of carboxylic acids is 1. The number of amides is 1. The second-order valence-electron chi connectivity index (χ2n) is 2.50. The van der Waals surface area contributed by atoms with Gasteiger partial charge >= 0.3 is 11.9 Å². The minimum absolute atomic E-state index is 0.276. The molecule has 1 aliphatic heterocycles. The SMILES string of the molecule is CC1(C(=O)O)OC(=O)CNC1=O. The van der Waals surface area contributed by atoms with E-state index in [-0.39, 0.29) is 6.54 Å². The van der Waals surface area contributed by atoms with Crippen LogP contribution in [0.3, 0.4) is 0 Å². The normalized spacial score (nSPS) is 29.1. The molecule has 1 saturated heterocycles. The maximum Gasteiger partial charge on any atom is 0.357 e. The largest absolute Gasteiger partial charge is 0.478 e. The number of carboxylic acid groups (broad SMARTS) is 1. The monoisotopic (exact) mass is 173 g/mol. The Kier molecular flexibility index (Phi) is 1.75. The Balaban J connectivity index is 2.92. The predicted molar refractivity (Wildman–Crippen MR) is 35.1 cm³/mol. The van der Waals surface area contributed by atoms with Crippen LogP contribution in [0.1, 0.15) is 6.92 Å². The summed E-state index contributed by atoms with van der Waals surface area (Å²) in [5, 5.41) is 10.7. The maximum atomic E-state index is 10.9. The molecular formula is C6H7NO5. The Morgan fingerprint density at radius 1 is 1.67 bits per heavy atom. The molecule has 0 aliphatic carbocycles. The van der Waals surface area contributed by atoms with Crippen molar-refractivity contribution in [1.29, 1.82) is 0 Å². The van der Waals surface area contributed by atoms with E-state index >= 15 is 0 Å². The second-order valence-corrected chi connectivity index (χ2v) is 2.50. The summed E-state index contributed by atoms with van der Waals surface area (Å²) in [6.07, 6.45) is 0. The molecule has 0 aromatic heterocycles. The van der Waals surface area contributed by atoms with Crippen LogP contribution in [0.4, 0.5) is 0 Å². The van der Waals surface area contributed by atoms with Crippen LogP contribution in [-0.4, -0.2) is 35.1 Å². The lowest BCUT2D eigenvalue weighted by molar-refractivity contribution is -0.185. The first kappa shape index (κ1) is 8.51. The fraction of sp³-hybridized carbons (Fsp3) is 0.500. The van der Waals surface area contributed by atoms with Crippen LogP contribution in [0.15, 0.2) is 0 Å². The van der Waals surface area contributed by atoms with E-state index < -0.39 is 23.4 Å². The molecular weight excluding hydrogens is 166 g/mol. The van der Waals surface area contributed by atoms with E-state index in [4.69, 9.17) is 5.11 Å². The van der Waals surface area contributed by atoms with Crippen molar-refractivity contribution in [3.8, 4) is 0 Å². The molecule has 66 valence electrons. The van der Waals surface area contributed by atoms with Crippen LogP contribution in [0.2, 0.25) is 0 Å². The van der Waals surface area contributed by atoms with Crippen LogP contribution in [-0.2, 0) is 19.1 Å². The molecule has 0 spiro atoms. The van der Waals surface area contributed by atoms with Crippen LogP contribution in [0, 0.1) is 0 Å². The van der Waals surface area contributed by atoms with Crippen molar-refractivity contribution < 1.29 is 24.2 Å². The Bertz CT molecular complexity index is 261. The van der Waals surface area contributed by atoms with E-state index in [2.05, 4.69) is 10.1 Å². The molecule has 1 rings (SSSR count). The molecule has 1 amide bonds. The van der Waals surface area contributed by atoms with Gasteiger partial charge in [0, 0.05) is 0 Å². The molecule has 1 fully saturated rings. The van der Waals surface area contributed by atoms with Gasteiger partial charge in [0.25, 0.3) is 11.5 Å². The molecule has 1 heterocycles. The molecule has 0 saturated carbocycles. The zero-order chi connectivity index (χ0) is 9.35. The van der Waals surface area contributed by atoms with Crippen molar-refractivity contribution >= 4 is 17.8 Å². The third-order valence-electron chi connectivity index (χ3n) is 1.55. The van der Waals surface area contributed by atoms with Gasteiger partial charge in [-0.2, -0.15) is 0 Å². The highest BCUT2D eigenvalue weighted by molar-refractivity contribution is 6.08. The van der Waals surface area contributed by atoms with Gasteiger partial charge in [0.15, 0.2) is 0 Å². The molecule has 1 aliphatic rings. The van der Waals surface area contributed by atoms with Crippen LogP contribution in [0.5, 0.6) is 0 Å². The van der Waals surface area contributed by atoms with Gasteiger partial charge in [0.1, 0.15) is 6.54 Å². The third-order valence-corrected chi connectivity index (χ3v) is 1.55. The zero-order valence-electron chi connectivity index (χ0n) is 6.29. The molecule has 6 nitrogen and oxygen atoms in total. The molecule has 0 aromatic rings. The van der Waals surface area contributed by atoms with Gasteiger partial charge in [-0.3, -0.25) is 9.59 Å². The van der Waals surface area contributed by atoms with Crippen LogP contribution < -0.4 is 5.32 Å². The summed E-state index contributed by atoms with van der Waals surface area (Å²) in [7, 11) is 0. The number of esters is 1. The quantitative estimate of drug-likeness (QED) is 0.372. The van der Waals surface area contributed by atoms with Gasteiger partial charge in [-0.15, -0.1) is 0 Å². The van der Waals surface area contributed by atoms with Crippen LogP contribution >= 0.6 is 0 Å². The van der Waals surface area contributed by atoms with Gasteiger partial charge in [0.05, 0.1) is 0 Å². The minimum Gasteiger partial charge on any atom is -0.478 e. The smallest absolute Gasteiger partial charge is 0.357 e. The van der Waals surface area contributed by atoms with E-state index in [1.807, 2.05) is 0 Å². The van der Waals surface area contributed by atoms with Gasteiger partial charge in [-0.1, -0.05) is 0 Å². The highest BCUT2D eigenvalue weighted by Gasteiger charge is 2.48. The molecule has 6 heteroatoms. The number of morpholine rings is 1. The average Bonchev–Trinajstić information content (AvgIpc) is 1.97. The second kappa shape index (κ2) is 2.47. The van der Waals surface area contributed by atoms with E-state index in [0.29, 0.717) is 0 Å². The summed E-state index contributed by atoms with van der Waals surface area (Å²) >= 11 is 0. The Morgan fingerprint density at radius 3 is 2.67 bits per heavy atom. The number of carbonyl (C=O) groups is 3. The van der Waals surface area contributed by atoms with Crippen molar-refractivity contribution in [3.63, 3.8) is 0 Å². The number of cyclic esters (lactones) is 1. The number of rotatable bonds is 1.